The molecule has 0 aromatic heterocycles. The summed E-state index contributed by atoms with van der Waals surface area (Å²) in [6.45, 7) is 1.78. The number of carbonyl (C=O) groups is 2. The van der Waals surface area contributed by atoms with Crippen LogP contribution in [0, 0.1) is 6.92 Å². The lowest BCUT2D eigenvalue weighted by molar-refractivity contribution is -0.118. The molecule has 0 radical (unpaired) electrons. The summed E-state index contributed by atoms with van der Waals surface area (Å²) in [5.41, 5.74) is 3.17. The second-order valence-corrected chi connectivity index (χ2v) is 5.91. The van der Waals surface area contributed by atoms with Gasteiger partial charge in [-0.25, -0.2) is 0 Å². The molecule has 2 aromatic carbocycles. The monoisotopic (exact) mass is 329 g/mol. The molecule has 1 amide bonds. The third-order valence-electron chi connectivity index (χ3n) is 3.85. The minimum Gasteiger partial charge on any atom is -0.483 e. The van der Waals surface area contributed by atoms with E-state index in [4.69, 9.17) is 16.3 Å². The highest BCUT2D eigenvalue weighted by Gasteiger charge is 2.22. The first-order valence-electron chi connectivity index (χ1n) is 7.38. The van der Waals surface area contributed by atoms with Gasteiger partial charge >= 0.3 is 0 Å². The van der Waals surface area contributed by atoms with E-state index < -0.39 is 0 Å². The topological polar surface area (TPSA) is 55.4 Å². The Morgan fingerprint density at radius 1 is 1.26 bits per heavy atom. The first-order valence-corrected chi connectivity index (χ1v) is 7.76. The molecule has 118 valence electrons. The maximum Gasteiger partial charge on any atom is 0.262 e. The second-order valence-electron chi connectivity index (χ2n) is 5.51. The van der Waals surface area contributed by atoms with E-state index in [9.17, 15) is 9.59 Å². The molecule has 0 saturated carbocycles. The molecule has 0 aliphatic heterocycles. The van der Waals surface area contributed by atoms with Crippen molar-refractivity contribution in [3.05, 3.63) is 58.1 Å². The number of aryl methyl sites for hydroxylation is 1. The lowest BCUT2D eigenvalue weighted by Gasteiger charge is -2.11. The molecule has 1 aliphatic rings. The maximum absolute atomic E-state index is 12.0. The van der Waals surface area contributed by atoms with Gasteiger partial charge in [0.15, 0.2) is 12.4 Å². The molecule has 4 nitrogen and oxygen atoms in total. The maximum atomic E-state index is 12.0. The molecule has 0 unspecified atom stereocenters. The van der Waals surface area contributed by atoms with Gasteiger partial charge in [-0.15, -0.1) is 0 Å². The van der Waals surface area contributed by atoms with E-state index in [0.717, 1.165) is 11.1 Å². The average Bonchev–Trinajstić information content (AvgIpc) is 2.91. The molecule has 2 aromatic rings. The van der Waals surface area contributed by atoms with Crippen LogP contribution in [0.25, 0.3) is 0 Å². The van der Waals surface area contributed by atoms with Gasteiger partial charge in [-0.1, -0.05) is 29.8 Å². The van der Waals surface area contributed by atoms with Gasteiger partial charge in [0.05, 0.1) is 0 Å². The molecule has 23 heavy (non-hydrogen) atoms. The van der Waals surface area contributed by atoms with Crippen molar-refractivity contribution in [3.63, 3.8) is 0 Å². The average molecular weight is 330 g/mol. The molecule has 5 heteroatoms. The summed E-state index contributed by atoms with van der Waals surface area (Å²) >= 11 is 6.03. The van der Waals surface area contributed by atoms with Gasteiger partial charge in [-0.3, -0.25) is 9.59 Å². The van der Waals surface area contributed by atoms with Crippen molar-refractivity contribution >= 4 is 29.0 Å². The Kier molecular flexibility index (Phi) is 4.35. The van der Waals surface area contributed by atoms with Crippen molar-refractivity contribution in [2.75, 3.05) is 11.9 Å². The standard InChI is InChI=1S/C18H16ClNO3/c1-11-5-6-12(9-15(11)19)20-18(22)10-23-17-4-2-3-13-14(17)7-8-16(13)21/h2-6,9H,7-8,10H2,1H3,(H,20,22). The van der Waals surface area contributed by atoms with Gasteiger partial charge in [-0.2, -0.15) is 0 Å². The third-order valence-corrected chi connectivity index (χ3v) is 4.26. The largest absolute Gasteiger partial charge is 0.483 e. The molecular weight excluding hydrogens is 314 g/mol. The van der Waals surface area contributed by atoms with Crippen molar-refractivity contribution in [1.82, 2.24) is 0 Å². The first-order chi connectivity index (χ1) is 11.0. The van der Waals surface area contributed by atoms with Gasteiger partial charge in [0.1, 0.15) is 5.75 Å². The van der Waals surface area contributed by atoms with Crippen LogP contribution >= 0.6 is 11.6 Å². The first kappa shape index (κ1) is 15.6. The Hall–Kier alpha value is -2.33. The summed E-state index contributed by atoms with van der Waals surface area (Å²) in [7, 11) is 0. The van der Waals surface area contributed by atoms with Gasteiger partial charge in [0.25, 0.3) is 5.91 Å². The third kappa shape index (κ3) is 3.37. The lowest BCUT2D eigenvalue weighted by atomic mass is 10.1. The van der Waals surface area contributed by atoms with Crippen LogP contribution in [0.3, 0.4) is 0 Å². The molecule has 1 N–H and O–H groups in total. The van der Waals surface area contributed by atoms with E-state index in [0.29, 0.717) is 34.9 Å². The molecule has 0 heterocycles. The minimum atomic E-state index is -0.271. The number of rotatable bonds is 4. The fraction of sp³-hybridized carbons (Fsp3) is 0.222. The molecule has 3 rings (SSSR count). The molecule has 0 saturated heterocycles. The quantitative estimate of drug-likeness (QED) is 0.928. The second kappa shape index (κ2) is 6.42. The number of carbonyl (C=O) groups excluding carboxylic acids is 2. The van der Waals surface area contributed by atoms with Crippen molar-refractivity contribution in [2.45, 2.75) is 19.8 Å². The summed E-state index contributed by atoms with van der Waals surface area (Å²) in [4.78, 5) is 23.7. The number of Topliss-reactive ketones (excluding diaryl/α,β-unsaturated/α-hetero) is 1. The lowest BCUT2D eigenvalue weighted by Crippen LogP contribution is -2.20. The van der Waals surface area contributed by atoms with Gasteiger partial charge in [0.2, 0.25) is 0 Å². The number of hydrogen-bond acceptors (Lipinski definition) is 3. The smallest absolute Gasteiger partial charge is 0.262 e. The number of ketones is 1. The highest BCUT2D eigenvalue weighted by Crippen LogP contribution is 2.30. The molecular formula is C18H16ClNO3. The summed E-state index contributed by atoms with van der Waals surface area (Å²) < 4.78 is 5.59. The van der Waals surface area contributed by atoms with Crippen LogP contribution in [0.2, 0.25) is 5.02 Å². The summed E-state index contributed by atoms with van der Waals surface area (Å²) in [6, 6.07) is 10.7. The van der Waals surface area contributed by atoms with Crippen molar-refractivity contribution in [1.29, 1.82) is 0 Å². The normalized spacial score (nSPS) is 12.9. The van der Waals surface area contributed by atoms with E-state index in [1.165, 1.54) is 0 Å². The van der Waals surface area contributed by atoms with Crippen LogP contribution in [0.15, 0.2) is 36.4 Å². The number of nitrogens with one attached hydrogen (secondary N) is 1. The van der Waals surface area contributed by atoms with E-state index in [-0.39, 0.29) is 18.3 Å². The molecule has 0 fully saturated rings. The summed E-state index contributed by atoms with van der Waals surface area (Å²) in [5.74, 6) is 0.460. The molecule has 1 aliphatic carbocycles. The van der Waals surface area contributed by atoms with Gasteiger partial charge in [-0.05, 0) is 37.1 Å². The van der Waals surface area contributed by atoms with Crippen LogP contribution in [0.1, 0.15) is 27.9 Å². The predicted octanol–water partition coefficient (Wildman–Crippen LogP) is 3.79. The van der Waals surface area contributed by atoms with E-state index in [2.05, 4.69) is 5.32 Å². The van der Waals surface area contributed by atoms with Crippen LogP contribution < -0.4 is 10.1 Å². The molecule has 0 spiro atoms. The van der Waals surface area contributed by atoms with Gasteiger partial charge < -0.3 is 10.1 Å². The van der Waals surface area contributed by atoms with Crippen LogP contribution in [-0.2, 0) is 11.2 Å². The number of anilines is 1. The SMILES string of the molecule is Cc1ccc(NC(=O)COc2cccc3c2CCC3=O)cc1Cl. The number of hydrogen-bond donors (Lipinski definition) is 1. The fourth-order valence-electron chi connectivity index (χ4n) is 2.60. The van der Waals surface area contributed by atoms with Crippen molar-refractivity contribution < 1.29 is 14.3 Å². The molecule has 0 atom stereocenters. The number of fused-ring (bicyclic) bond motifs is 1. The van der Waals surface area contributed by atoms with E-state index in [1.54, 1.807) is 30.3 Å². The van der Waals surface area contributed by atoms with Crippen molar-refractivity contribution in [3.8, 4) is 5.75 Å². The Morgan fingerprint density at radius 2 is 2.09 bits per heavy atom. The van der Waals surface area contributed by atoms with Crippen LogP contribution in [-0.4, -0.2) is 18.3 Å². The van der Waals surface area contributed by atoms with E-state index in [1.807, 2.05) is 13.0 Å². The van der Waals surface area contributed by atoms with Crippen LogP contribution in [0.5, 0.6) is 5.75 Å². The number of benzene rings is 2. The highest BCUT2D eigenvalue weighted by molar-refractivity contribution is 6.31. The minimum absolute atomic E-state index is 0.115. The van der Waals surface area contributed by atoms with Crippen molar-refractivity contribution in [2.24, 2.45) is 0 Å². The Bertz CT molecular complexity index is 786. The highest BCUT2D eigenvalue weighted by atomic mass is 35.5. The Morgan fingerprint density at radius 3 is 2.87 bits per heavy atom. The molecule has 0 bridgehead atoms. The van der Waals surface area contributed by atoms with Gasteiger partial charge in [0, 0.05) is 28.3 Å². The summed E-state index contributed by atoms with van der Waals surface area (Å²) in [5, 5.41) is 3.34. The number of halogens is 1. The predicted molar refractivity (Wildman–Crippen MR) is 89.4 cm³/mol. The zero-order chi connectivity index (χ0) is 16.4. The van der Waals surface area contributed by atoms with E-state index >= 15 is 0 Å². The fourth-order valence-corrected chi connectivity index (χ4v) is 2.78. The Balaban J connectivity index is 1.64. The number of ether oxygens (including phenoxy) is 1. The summed E-state index contributed by atoms with van der Waals surface area (Å²) in [6.07, 6.45) is 1.17. The number of amides is 1. The Labute approximate surface area is 139 Å². The zero-order valence-corrected chi connectivity index (χ0v) is 13.4. The zero-order valence-electron chi connectivity index (χ0n) is 12.7. The van der Waals surface area contributed by atoms with Crippen LogP contribution in [0.4, 0.5) is 5.69 Å².